The zero-order valence-corrected chi connectivity index (χ0v) is 17.0. The minimum absolute atomic E-state index is 0.000741. The Bertz CT molecular complexity index is 658. The van der Waals surface area contributed by atoms with E-state index in [1.54, 1.807) is 0 Å². The number of guanidine groups is 1. The molecule has 1 saturated carbocycles. The average Bonchev–Trinajstić information content (AvgIpc) is 3.12. The van der Waals surface area contributed by atoms with Crippen LogP contribution in [0.4, 0.5) is 0 Å². The Labute approximate surface area is 163 Å². The first-order valence-corrected chi connectivity index (χ1v) is 10.5. The fourth-order valence-electron chi connectivity index (χ4n) is 4.32. The number of aliphatic imine (C=N–C) groups is 1. The maximum absolute atomic E-state index is 12.4. The highest BCUT2D eigenvalue weighted by atomic mass is 16.1. The van der Waals surface area contributed by atoms with Gasteiger partial charge in [-0.2, -0.15) is 0 Å². The van der Waals surface area contributed by atoms with Crippen LogP contribution in [0.5, 0.6) is 0 Å². The Morgan fingerprint density at radius 1 is 1.26 bits per heavy atom. The van der Waals surface area contributed by atoms with Gasteiger partial charge in [0, 0.05) is 38.3 Å². The predicted octanol–water partition coefficient (Wildman–Crippen LogP) is 3.41. The number of hydrogen-bond donors (Lipinski definition) is 2. The van der Waals surface area contributed by atoms with Crippen molar-refractivity contribution in [2.45, 2.75) is 58.5 Å². The van der Waals surface area contributed by atoms with Gasteiger partial charge in [0.2, 0.25) is 0 Å². The number of rotatable bonds is 5. The smallest absolute Gasteiger partial charge is 0.251 e. The minimum Gasteiger partial charge on any atom is -0.352 e. The van der Waals surface area contributed by atoms with Crippen LogP contribution in [0.25, 0.3) is 0 Å². The molecule has 0 radical (unpaired) electrons. The number of nitrogens with zero attached hydrogens (tertiary/aromatic N) is 2. The zero-order valence-electron chi connectivity index (χ0n) is 17.0. The van der Waals surface area contributed by atoms with Crippen LogP contribution in [0.1, 0.15) is 61.9 Å². The molecule has 1 aliphatic heterocycles. The first kappa shape index (κ1) is 19.7. The third-order valence-electron chi connectivity index (χ3n) is 6.12. The van der Waals surface area contributed by atoms with Gasteiger partial charge in [0.25, 0.3) is 5.91 Å². The summed E-state index contributed by atoms with van der Waals surface area (Å²) >= 11 is 0. The molecule has 0 bridgehead atoms. The van der Waals surface area contributed by atoms with Gasteiger partial charge in [0.05, 0.1) is 0 Å². The van der Waals surface area contributed by atoms with Crippen LogP contribution in [-0.4, -0.2) is 42.9 Å². The van der Waals surface area contributed by atoms with Crippen molar-refractivity contribution in [3.05, 3.63) is 35.4 Å². The summed E-state index contributed by atoms with van der Waals surface area (Å²) in [6.45, 7) is 7.04. The minimum atomic E-state index is -0.000741. The molecule has 1 amide bonds. The van der Waals surface area contributed by atoms with E-state index in [0.717, 1.165) is 48.4 Å². The number of benzene rings is 1. The van der Waals surface area contributed by atoms with E-state index in [4.69, 9.17) is 0 Å². The van der Waals surface area contributed by atoms with E-state index in [-0.39, 0.29) is 11.9 Å². The molecule has 5 nitrogen and oxygen atoms in total. The van der Waals surface area contributed by atoms with Gasteiger partial charge in [-0.1, -0.05) is 31.9 Å². The molecule has 1 saturated heterocycles. The quantitative estimate of drug-likeness (QED) is 0.617. The molecule has 2 fully saturated rings. The maximum Gasteiger partial charge on any atom is 0.251 e. The monoisotopic (exact) mass is 370 g/mol. The summed E-state index contributed by atoms with van der Waals surface area (Å²) in [7, 11) is 1.86. The van der Waals surface area contributed by atoms with Crippen molar-refractivity contribution < 1.29 is 4.79 Å². The van der Waals surface area contributed by atoms with Gasteiger partial charge < -0.3 is 15.5 Å². The highest BCUT2D eigenvalue weighted by Crippen LogP contribution is 2.35. The standard InChI is InChI=1S/C22H34N4O/c1-4-16(2)25-21(27)18-11-7-8-17(12-18)13-24-22(23-3)26-14-19-9-5-6-10-20(19)15-26/h7-8,11-12,16,19-20H,4-6,9-10,13-15H2,1-3H3,(H,23,24)(H,25,27). The third-order valence-corrected chi connectivity index (χ3v) is 6.12. The molecule has 0 aromatic heterocycles. The highest BCUT2D eigenvalue weighted by Gasteiger charge is 2.35. The van der Waals surface area contributed by atoms with Crippen molar-refractivity contribution in [3.63, 3.8) is 0 Å². The molecule has 1 aromatic rings. The number of hydrogen-bond acceptors (Lipinski definition) is 2. The Balaban J connectivity index is 1.57. The molecule has 0 spiro atoms. The van der Waals surface area contributed by atoms with Crippen molar-refractivity contribution in [2.24, 2.45) is 16.8 Å². The molecule has 3 atom stereocenters. The molecule has 2 N–H and O–H groups in total. The molecule has 3 unspecified atom stereocenters. The molecule has 2 aliphatic rings. The molecular formula is C22H34N4O. The number of amides is 1. The van der Waals surface area contributed by atoms with Gasteiger partial charge in [0.15, 0.2) is 5.96 Å². The van der Waals surface area contributed by atoms with Crippen LogP contribution in [0, 0.1) is 11.8 Å². The summed E-state index contributed by atoms with van der Waals surface area (Å²) in [5.41, 5.74) is 1.82. The lowest BCUT2D eigenvalue weighted by Crippen LogP contribution is -2.40. The molecule has 3 rings (SSSR count). The van der Waals surface area contributed by atoms with E-state index < -0.39 is 0 Å². The lowest BCUT2D eigenvalue weighted by molar-refractivity contribution is 0.0939. The summed E-state index contributed by atoms with van der Waals surface area (Å²) in [5.74, 6) is 2.66. The lowest BCUT2D eigenvalue weighted by atomic mass is 9.82. The molecular weight excluding hydrogens is 336 g/mol. The van der Waals surface area contributed by atoms with Crippen LogP contribution in [0.2, 0.25) is 0 Å². The fourth-order valence-corrected chi connectivity index (χ4v) is 4.32. The van der Waals surface area contributed by atoms with E-state index in [1.165, 1.54) is 25.7 Å². The van der Waals surface area contributed by atoms with Gasteiger partial charge in [-0.15, -0.1) is 0 Å². The van der Waals surface area contributed by atoms with Gasteiger partial charge in [0.1, 0.15) is 0 Å². The largest absolute Gasteiger partial charge is 0.352 e. The molecule has 5 heteroatoms. The second-order valence-electron chi connectivity index (χ2n) is 8.09. The highest BCUT2D eigenvalue weighted by molar-refractivity contribution is 5.94. The Morgan fingerprint density at radius 2 is 1.96 bits per heavy atom. The Kier molecular flexibility index (Phi) is 6.75. The van der Waals surface area contributed by atoms with Crippen molar-refractivity contribution in [1.29, 1.82) is 0 Å². The van der Waals surface area contributed by atoms with E-state index in [9.17, 15) is 4.79 Å². The van der Waals surface area contributed by atoms with Crippen molar-refractivity contribution in [1.82, 2.24) is 15.5 Å². The number of likely N-dealkylation sites (tertiary alicyclic amines) is 1. The number of fused-ring (bicyclic) bond motifs is 1. The second-order valence-corrected chi connectivity index (χ2v) is 8.09. The number of nitrogens with one attached hydrogen (secondary N) is 2. The summed E-state index contributed by atoms with van der Waals surface area (Å²) < 4.78 is 0. The fraction of sp³-hybridized carbons (Fsp3) is 0.636. The van der Waals surface area contributed by atoms with Crippen LogP contribution in [-0.2, 0) is 6.54 Å². The van der Waals surface area contributed by atoms with Crippen LogP contribution < -0.4 is 10.6 Å². The van der Waals surface area contributed by atoms with Crippen LogP contribution >= 0.6 is 0 Å². The van der Waals surface area contributed by atoms with Gasteiger partial charge in [-0.05, 0) is 55.7 Å². The maximum atomic E-state index is 12.4. The first-order valence-electron chi connectivity index (χ1n) is 10.5. The van der Waals surface area contributed by atoms with Gasteiger partial charge in [-0.25, -0.2) is 0 Å². The molecule has 148 valence electrons. The zero-order chi connectivity index (χ0) is 19.2. The third kappa shape index (κ3) is 5.02. The Morgan fingerprint density at radius 3 is 2.59 bits per heavy atom. The molecule has 27 heavy (non-hydrogen) atoms. The second kappa shape index (κ2) is 9.25. The summed E-state index contributed by atoms with van der Waals surface area (Å²) in [6.07, 6.45) is 6.43. The predicted molar refractivity (Wildman–Crippen MR) is 111 cm³/mol. The van der Waals surface area contributed by atoms with Gasteiger partial charge in [-0.3, -0.25) is 9.79 Å². The van der Waals surface area contributed by atoms with Gasteiger partial charge >= 0.3 is 0 Å². The number of carbonyl (C=O) groups is 1. The SMILES string of the molecule is CCC(C)NC(=O)c1cccc(CNC(=NC)N2CC3CCCCC3C2)c1. The normalized spacial score (nSPS) is 23.7. The van der Waals surface area contributed by atoms with Crippen molar-refractivity contribution in [2.75, 3.05) is 20.1 Å². The van der Waals surface area contributed by atoms with E-state index >= 15 is 0 Å². The van der Waals surface area contributed by atoms with Crippen molar-refractivity contribution >= 4 is 11.9 Å². The summed E-state index contributed by atoms with van der Waals surface area (Å²) in [4.78, 5) is 19.3. The first-order chi connectivity index (χ1) is 13.1. The van der Waals surface area contributed by atoms with Crippen LogP contribution in [0.3, 0.4) is 0 Å². The summed E-state index contributed by atoms with van der Waals surface area (Å²) in [5, 5.41) is 6.53. The topological polar surface area (TPSA) is 56.7 Å². The Hall–Kier alpha value is -2.04. The van der Waals surface area contributed by atoms with Crippen LogP contribution in [0.15, 0.2) is 29.3 Å². The van der Waals surface area contributed by atoms with E-state index in [2.05, 4.69) is 33.5 Å². The molecule has 1 aromatic carbocycles. The lowest BCUT2D eigenvalue weighted by Gasteiger charge is -2.22. The summed E-state index contributed by atoms with van der Waals surface area (Å²) in [6, 6.07) is 8.06. The molecule has 1 heterocycles. The molecule has 1 aliphatic carbocycles. The average molecular weight is 371 g/mol. The van der Waals surface area contributed by atoms with E-state index in [1.807, 2.05) is 32.2 Å². The number of carbonyl (C=O) groups excluding carboxylic acids is 1. The van der Waals surface area contributed by atoms with E-state index in [0.29, 0.717) is 6.54 Å². The van der Waals surface area contributed by atoms with Crippen molar-refractivity contribution in [3.8, 4) is 0 Å².